The third-order valence-corrected chi connectivity index (χ3v) is 11.6. The Kier molecular flexibility index (Phi) is 11.6. The highest BCUT2D eigenvalue weighted by Crippen LogP contribution is 2.57. The highest BCUT2D eigenvalue weighted by Gasteiger charge is 2.46. The van der Waals surface area contributed by atoms with E-state index in [-0.39, 0.29) is 25.7 Å². The number of aryl methyl sites for hydroxylation is 1. The molecule has 0 saturated heterocycles. The Labute approximate surface area is 223 Å². The van der Waals surface area contributed by atoms with Crippen LogP contribution in [-0.4, -0.2) is 32.7 Å². The molecule has 0 N–H and O–H groups in total. The summed E-state index contributed by atoms with van der Waals surface area (Å²) in [6.07, 6.45) is 9.63. The van der Waals surface area contributed by atoms with Gasteiger partial charge in [0, 0.05) is 0 Å². The fourth-order valence-electron chi connectivity index (χ4n) is 4.64. The molecule has 6 nitrogen and oxygen atoms in total. The van der Waals surface area contributed by atoms with E-state index in [0.29, 0.717) is 12.8 Å². The van der Waals surface area contributed by atoms with E-state index >= 15 is 0 Å². The van der Waals surface area contributed by atoms with Gasteiger partial charge in [-0.25, -0.2) is 0 Å². The molecule has 1 aliphatic rings. The predicted octanol–water partition coefficient (Wildman–Crippen LogP) is 7.98. The quantitative estimate of drug-likeness (QED) is 0.176. The molecule has 0 aliphatic heterocycles. The van der Waals surface area contributed by atoms with Crippen molar-refractivity contribution in [2.45, 2.75) is 83.2 Å². The van der Waals surface area contributed by atoms with Gasteiger partial charge in [0.2, 0.25) is 0 Å². The Morgan fingerprint density at radius 1 is 0.892 bits per heavy atom. The lowest BCUT2D eigenvalue weighted by Crippen LogP contribution is -2.30. The van der Waals surface area contributed by atoms with E-state index in [1.807, 2.05) is 30.3 Å². The third-order valence-electron chi connectivity index (χ3n) is 6.51. The standard InChI is InChI=1S/C29H41O6PS/c1-4-11-24-16-20-26(21-17-24)27-22-18-25(19-23-27)12-10-15-29(36(30,33-5-2)34-6-3)37(31,32)35-28-13-8-7-9-14-28/h10,12,16-23,28-29H,4-9,11,13-15H2,1-3H3/b12-10+. The van der Waals surface area contributed by atoms with Gasteiger partial charge in [-0.2, -0.15) is 8.42 Å². The summed E-state index contributed by atoms with van der Waals surface area (Å²) in [7, 11) is -8.15. The normalized spacial score (nSPS) is 16.3. The minimum absolute atomic E-state index is 0.0347. The molecule has 204 valence electrons. The first-order valence-corrected chi connectivity index (χ1v) is 16.6. The van der Waals surface area contributed by atoms with Gasteiger partial charge in [-0.3, -0.25) is 8.75 Å². The van der Waals surface area contributed by atoms with Crippen molar-refractivity contribution >= 4 is 23.8 Å². The summed E-state index contributed by atoms with van der Waals surface area (Å²) >= 11 is 0. The van der Waals surface area contributed by atoms with Crippen LogP contribution >= 0.6 is 7.60 Å². The summed E-state index contributed by atoms with van der Waals surface area (Å²) in [5.41, 5.74) is 4.51. The molecule has 2 aromatic carbocycles. The molecule has 37 heavy (non-hydrogen) atoms. The lowest BCUT2D eigenvalue weighted by atomic mass is 9.98. The fraction of sp³-hybridized carbons (Fsp3) is 0.517. The Morgan fingerprint density at radius 3 is 2.00 bits per heavy atom. The fourth-order valence-corrected chi connectivity index (χ4v) is 8.98. The van der Waals surface area contributed by atoms with Crippen molar-refractivity contribution < 1.29 is 26.2 Å². The third kappa shape index (κ3) is 8.62. The molecule has 2 aromatic rings. The summed E-state index contributed by atoms with van der Waals surface area (Å²) in [5.74, 6) is 0. The molecule has 0 amide bonds. The maximum absolute atomic E-state index is 13.6. The topological polar surface area (TPSA) is 78.9 Å². The van der Waals surface area contributed by atoms with Gasteiger partial charge in [0.1, 0.15) is 0 Å². The van der Waals surface area contributed by atoms with Gasteiger partial charge in [-0.15, -0.1) is 0 Å². The number of benzene rings is 2. The zero-order valence-corrected chi connectivity index (χ0v) is 24.0. The second-order valence-corrected chi connectivity index (χ2v) is 13.7. The monoisotopic (exact) mass is 548 g/mol. The zero-order valence-electron chi connectivity index (χ0n) is 22.3. The Bertz CT molecular complexity index is 1130. The van der Waals surface area contributed by atoms with Crippen LogP contribution in [0.3, 0.4) is 0 Å². The van der Waals surface area contributed by atoms with Crippen molar-refractivity contribution in [3.05, 3.63) is 65.7 Å². The average molecular weight is 549 g/mol. The largest absolute Gasteiger partial charge is 0.351 e. The van der Waals surface area contributed by atoms with E-state index in [1.54, 1.807) is 19.9 Å². The zero-order chi connectivity index (χ0) is 26.7. The van der Waals surface area contributed by atoms with Gasteiger partial charge in [0.25, 0.3) is 10.1 Å². The number of hydrogen-bond donors (Lipinski definition) is 0. The molecule has 1 atom stereocenters. The van der Waals surface area contributed by atoms with E-state index < -0.39 is 22.7 Å². The highest BCUT2D eigenvalue weighted by atomic mass is 32.2. The van der Waals surface area contributed by atoms with Gasteiger partial charge in [0.05, 0.1) is 19.3 Å². The Balaban J connectivity index is 1.76. The average Bonchev–Trinajstić information content (AvgIpc) is 2.88. The lowest BCUT2D eigenvalue weighted by molar-refractivity contribution is 0.159. The molecule has 0 bridgehead atoms. The molecular formula is C29H41O6PS. The van der Waals surface area contributed by atoms with Crippen molar-refractivity contribution in [3.8, 4) is 11.1 Å². The minimum Gasteiger partial charge on any atom is -0.308 e. The first-order chi connectivity index (χ1) is 17.8. The van der Waals surface area contributed by atoms with E-state index in [9.17, 15) is 13.0 Å². The van der Waals surface area contributed by atoms with Crippen molar-refractivity contribution in [2.75, 3.05) is 13.2 Å². The molecule has 0 spiro atoms. The molecule has 1 unspecified atom stereocenters. The maximum Gasteiger partial charge on any atom is 0.351 e. The van der Waals surface area contributed by atoms with Crippen LogP contribution in [0.15, 0.2) is 54.6 Å². The lowest BCUT2D eigenvalue weighted by Gasteiger charge is -2.28. The van der Waals surface area contributed by atoms with Crippen LogP contribution in [0.4, 0.5) is 0 Å². The van der Waals surface area contributed by atoms with Crippen LogP contribution in [0, 0.1) is 0 Å². The van der Waals surface area contributed by atoms with Crippen LogP contribution < -0.4 is 0 Å². The predicted molar refractivity (Wildman–Crippen MR) is 151 cm³/mol. The van der Waals surface area contributed by atoms with Crippen LogP contribution in [0.2, 0.25) is 0 Å². The van der Waals surface area contributed by atoms with Crippen LogP contribution in [0.5, 0.6) is 0 Å². The molecular weight excluding hydrogens is 507 g/mol. The van der Waals surface area contributed by atoms with Gasteiger partial charge in [0.15, 0.2) is 4.99 Å². The maximum atomic E-state index is 13.6. The molecule has 1 saturated carbocycles. The van der Waals surface area contributed by atoms with Crippen molar-refractivity contribution in [2.24, 2.45) is 0 Å². The van der Waals surface area contributed by atoms with Crippen molar-refractivity contribution in [1.29, 1.82) is 0 Å². The smallest absolute Gasteiger partial charge is 0.308 e. The second kappa shape index (κ2) is 14.4. The SMILES string of the molecule is CCCc1ccc(-c2ccc(/C=C/CC(P(=O)(OCC)OCC)S(=O)(=O)OC3CCCCC3)cc2)cc1. The van der Waals surface area contributed by atoms with E-state index in [4.69, 9.17) is 13.2 Å². The summed E-state index contributed by atoms with van der Waals surface area (Å²) in [6, 6.07) is 16.7. The van der Waals surface area contributed by atoms with Crippen molar-refractivity contribution in [3.63, 3.8) is 0 Å². The van der Waals surface area contributed by atoms with Crippen LogP contribution in [-0.2, 0) is 34.3 Å². The van der Waals surface area contributed by atoms with Gasteiger partial charge < -0.3 is 9.05 Å². The van der Waals surface area contributed by atoms with Crippen molar-refractivity contribution in [1.82, 2.24) is 0 Å². The number of hydrogen-bond acceptors (Lipinski definition) is 6. The Hall–Kier alpha value is -1.76. The number of allylic oxidation sites excluding steroid dienone is 1. The number of rotatable bonds is 14. The van der Waals surface area contributed by atoms with E-state index in [0.717, 1.165) is 48.8 Å². The van der Waals surface area contributed by atoms with Gasteiger partial charge in [-0.05, 0) is 61.8 Å². The molecule has 1 aliphatic carbocycles. The molecule has 1 fully saturated rings. The van der Waals surface area contributed by atoms with E-state index in [1.165, 1.54) is 5.56 Å². The minimum atomic E-state index is -4.19. The van der Waals surface area contributed by atoms with E-state index in [2.05, 4.69) is 31.2 Å². The molecule has 0 radical (unpaired) electrons. The summed E-state index contributed by atoms with van der Waals surface area (Å²) in [4.78, 5) is -1.42. The molecule has 0 heterocycles. The summed E-state index contributed by atoms with van der Waals surface area (Å²) in [6.45, 7) is 5.68. The molecule has 0 aromatic heterocycles. The van der Waals surface area contributed by atoms with Crippen LogP contribution in [0.1, 0.15) is 76.8 Å². The van der Waals surface area contributed by atoms with Gasteiger partial charge >= 0.3 is 7.60 Å². The van der Waals surface area contributed by atoms with Crippen LogP contribution in [0.25, 0.3) is 17.2 Å². The van der Waals surface area contributed by atoms with Gasteiger partial charge in [-0.1, -0.05) is 93.3 Å². The second-order valence-electron chi connectivity index (χ2n) is 9.39. The Morgan fingerprint density at radius 2 is 1.46 bits per heavy atom. The molecule has 3 rings (SSSR count). The first kappa shape index (κ1) is 29.8. The summed E-state index contributed by atoms with van der Waals surface area (Å²) in [5, 5.41) is 0. The summed E-state index contributed by atoms with van der Waals surface area (Å²) < 4.78 is 56.7. The molecule has 8 heteroatoms. The highest BCUT2D eigenvalue weighted by molar-refractivity contribution is 7.94. The first-order valence-electron chi connectivity index (χ1n) is 13.5.